The molecule has 31 heavy (non-hydrogen) atoms. The number of amides is 1. The molecule has 164 valence electrons. The van der Waals surface area contributed by atoms with E-state index in [2.05, 4.69) is 25.5 Å². The van der Waals surface area contributed by atoms with Crippen LogP contribution in [-0.2, 0) is 7.05 Å². The fraction of sp³-hybridized carbons (Fsp3) is 0.524. The van der Waals surface area contributed by atoms with Gasteiger partial charge in [-0.2, -0.15) is 10.1 Å². The molecule has 0 aromatic carbocycles. The molecule has 0 saturated heterocycles. The van der Waals surface area contributed by atoms with Crippen molar-refractivity contribution in [2.75, 3.05) is 0 Å². The van der Waals surface area contributed by atoms with Crippen LogP contribution in [0.5, 0.6) is 0 Å². The van der Waals surface area contributed by atoms with Gasteiger partial charge in [0.15, 0.2) is 5.82 Å². The predicted molar refractivity (Wildman–Crippen MR) is 116 cm³/mol. The first kappa shape index (κ1) is 21.4. The average Bonchev–Trinajstić information content (AvgIpc) is 3.32. The molecule has 3 heterocycles. The first-order valence-electron chi connectivity index (χ1n) is 10.3. The van der Waals surface area contributed by atoms with Crippen LogP contribution in [0.15, 0.2) is 9.32 Å². The Morgan fingerprint density at radius 1 is 1.19 bits per heavy atom. The second kappa shape index (κ2) is 7.99. The van der Waals surface area contributed by atoms with Crippen molar-refractivity contribution in [1.29, 1.82) is 0 Å². The Balaban J connectivity index is 1.63. The number of nitrogens with zero attached hydrogens (tertiary/aromatic N) is 5. The van der Waals surface area contributed by atoms with E-state index < -0.39 is 6.04 Å². The molecule has 10 heteroatoms. The fourth-order valence-corrected chi connectivity index (χ4v) is 4.48. The first-order valence-corrected chi connectivity index (χ1v) is 11.2. The van der Waals surface area contributed by atoms with E-state index >= 15 is 0 Å². The summed E-state index contributed by atoms with van der Waals surface area (Å²) in [5.41, 5.74) is 2.33. The van der Waals surface area contributed by atoms with Crippen LogP contribution in [0.1, 0.15) is 77.0 Å². The number of nitrogens with one attached hydrogen (secondary N) is 1. The molecule has 9 nitrogen and oxygen atoms in total. The van der Waals surface area contributed by atoms with Gasteiger partial charge in [-0.05, 0) is 45.1 Å². The molecular weight excluding hydrogens is 416 g/mol. The van der Waals surface area contributed by atoms with Crippen LogP contribution in [-0.4, -0.2) is 30.8 Å². The number of hydrogen-bond donors (Lipinski definition) is 1. The van der Waals surface area contributed by atoms with Crippen molar-refractivity contribution in [1.82, 2.24) is 30.2 Å². The van der Waals surface area contributed by atoms with Gasteiger partial charge in [0.25, 0.3) is 11.5 Å². The highest BCUT2D eigenvalue weighted by molar-refractivity contribution is 7.17. The Bertz CT molecular complexity index is 1200. The van der Waals surface area contributed by atoms with Crippen LogP contribution in [0, 0.1) is 26.7 Å². The van der Waals surface area contributed by atoms with Gasteiger partial charge in [0.1, 0.15) is 15.9 Å². The molecule has 1 saturated carbocycles. The largest absolute Gasteiger partial charge is 0.339 e. The fourth-order valence-electron chi connectivity index (χ4n) is 3.42. The lowest BCUT2D eigenvalue weighted by molar-refractivity contribution is 0.0917. The molecule has 3 aromatic heterocycles. The van der Waals surface area contributed by atoms with E-state index in [4.69, 9.17) is 4.52 Å². The summed E-state index contributed by atoms with van der Waals surface area (Å²) in [5, 5.41) is 11.8. The topological polar surface area (TPSA) is 116 Å². The molecule has 0 spiro atoms. The molecule has 1 N–H and O–H groups in total. The monoisotopic (exact) mass is 442 g/mol. The van der Waals surface area contributed by atoms with Crippen LogP contribution in [0.2, 0.25) is 0 Å². The Morgan fingerprint density at radius 2 is 1.90 bits per heavy atom. The maximum atomic E-state index is 13.1. The van der Waals surface area contributed by atoms with E-state index in [1.807, 2.05) is 27.7 Å². The number of hydrogen-bond acceptors (Lipinski definition) is 8. The van der Waals surface area contributed by atoms with Gasteiger partial charge in [-0.15, -0.1) is 11.3 Å². The summed E-state index contributed by atoms with van der Waals surface area (Å²) >= 11 is 1.20. The Kier molecular flexibility index (Phi) is 5.50. The van der Waals surface area contributed by atoms with Gasteiger partial charge in [0.05, 0.1) is 17.0 Å². The van der Waals surface area contributed by atoms with Gasteiger partial charge in [0, 0.05) is 13.0 Å². The number of aryl methyl sites for hydroxylation is 3. The van der Waals surface area contributed by atoms with Crippen molar-refractivity contribution in [3.05, 3.63) is 43.9 Å². The number of rotatable bonds is 6. The lowest BCUT2D eigenvalue weighted by Crippen LogP contribution is -2.32. The summed E-state index contributed by atoms with van der Waals surface area (Å²) in [6.45, 7) is 9.44. The van der Waals surface area contributed by atoms with E-state index in [0.29, 0.717) is 38.8 Å². The molecule has 0 aliphatic heterocycles. The van der Waals surface area contributed by atoms with Gasteiger partial charge in [-0.3, -0.25) is 9.59 Å². The number of thiazole rings is 1. The minimum atomic E-state index is -0.407. The van der Waals surface area contributed by atoms with Crippen LogP contribution in [0.25, 0.3) is 10.6 Å². The number of aromatic nitrogens is 5. The van der Waals surface area contributed by atoms with Crippen LogP contribution < -0.4 is 10.9 Å². The van der Waals surface area contributed by atoms with Crippen molar-refractivity contribution in [3.8, 4) is 10.6 Å². The van der Waals surface area contributed by atoms with Gasteiger partial charge in [-0.1, -0.05) is 19.0 Å². The van der Waals surface area contributed by atoms with Crippen molar-refractivity contribution in [2.45, 2.75) is 59.4 Å². The van der Waals surface area contributed by atoms with Gasteiger partial charge in [0.2, 0.25) is 5.89 Å². The zero-order valence-corrected chi connectivity index (χ0v) is 19.3. The SMILES string of the molecule is Cc1nc(-c2c(C)c(C)nn(C)c2=O)sc1C(=O)NC(c1nc(C2CC2)no1)C(C)C. The quantitative estimate of drug-likeness (QED) is 0.623. The Morgan fingerprint density at radius 3 is 2.55 bits per heavy atom. The standard InChI is InChI=1S/C21H26N6O3S/c1-9(2)15(19-24-17(26-30-19)13-7-8-13)23-18(28)16-12(5)22-20(31-16)14-10(3)11(4)25-27(6)21(14)29/h9,13,15H,7-8H2,1-6H3,(H,23,28). The van der Waals surface area contributed by atoms with Crippen molar-refractivity contribution in [3.63, 3.8) is 0 Å². The molecule has 0 radical (unpaired) electrons. The minimum absolute atomic E-state index is 0.0570. The molecule has 1 fully saturated rings. The summed E-state index contributed by atoms with van der Waals surface area (Å²) in [5.74, 6) is 1.29. The molecule has 3 aromatic rings. The molecule has 1 atom stereocenters. The van der Waals surface area contributed by atoms with Gasteiger partial charge >= 0.3 is 0 Å². The second-order valence-electron chi connectivity index (χ2n) is 8.41. The maximum Gasteiger partial charge on any atom is 0.277 e. The summed E-state index contributed by atoms with van der Waals surface area (Å²) < 4.78 is 6.75. The van der Waals surface area contributed by atoms with Crippen LogP contribution >= 0.6 is 11.3 Å². The highest BCUT2D eigenvalue weighted by Gasteiger charge is 2.32. The lowest BCUT2D eigenvalue weighted by Gasteiger charge is -2.18. The molecule has 1 aliphatic rings. The first-order chi connectivity index (χ1) is 14.7. The molecule has 0 bridgehead atoms. The zero-order valence-electron chi connectivity index (χ0n) is 18.5. The molecule has 1 aliphatic carbocycles. The summed E-state index contributed by atoms with van der Waals surface area (Å²) in [6, 6.07) is -0.407. The smallest absolute Gasteiger partial charge is 0.277 e. The average molecular weight is 443 g/mol. The zero-order chi connectivity index (χ0) is 22.4. The van der Waals surface area contributed by atoms with Gasteiger partial charge < -0.3 is 9.84 Å². The Labute approximate surface area is 183 Å². The maximum absolute atomic E-state index is 13.1. The van der Waals surface area contributed by atoms with Crippen molar-refractivity contribution in [2.24, 2.45) is 13.0 Å². The van der Waals surface area contributed by atoms with Crippen LogP contribution in [0.4, 0.5) is 0 Å². The number of carbonyl (C=O) groups excluding carboxylic acids is 1. The molecule has 4 rings (SSSR count). The third-order valence-corrected chi connectivity index (χ3v) is 6.74. The second-order valence-corrected chi connectivity index (χ2v) is 9.41. The van der Waals surface area contributed by atoms with Gasteiger partial charge in [-0.25, -0.2) is 9.67 Å². The van der Waals surface area contributed by atoms with Crippen molar-refractivity contribution >= 4 is 17.2 Å². The lowest BCUT2D eigenvalue weighted by atomic mass is 10.0. The third kappa shape index (κ3) is 4.04. The molecular formula is C21H26N6O3S. The van der Waals surface area contributed by atoms with E-state index in [0.717, 1.165) is 24.1 Å². The van der Waals surface area contributed by atoms with E-state index in [-0.39, 0.29) is 17.4 Å². The molecule has 1 amide bonds. The summed E-state index contributed by atoms with van der Waals surface area (Å²) in [6.07, 6.45) is 2.15. The molecule has 1 unspecified atom stereocenters. The predicted octanol–water partition coefficient (Wildman–Crippen LogP) is 3.22. The summed E-state index contributed by atoms with van der Waals surface area (Å²) in [4.78, 5) is 35.3. The highest BCUT2D eigenvalue weighted by atomic mass is 32.1. The summed E-state index contributed by atoms with van der Waals surface area (Å²) in [7, 11) is 1.61. The normalized spacial score (nSPS) is 14.8. The van der Waals surface area contributed by atoms with E-state index in [1.54, 1.807) is 14.0 Å². The van der Waals surface area contributed by atoms with E-state index in [9.17, 15) is 9.59 Å². The highest BCUT2D eigenvalue weighted by Crippen LogP contribution is 2.39. The number of carbonyl (C=O) groups is 1. The Hall–Kier alpha value is -2.88. The van der Waals surface area contributed by atoms with E-state index in [1.165, 1.54) is 16.0 Å². The van der Waals surface area contributed by atoms with Crippen molar-refractivity contribution < 1.29 is 9.32 Å². The van der Waals surface area contributed by atoms with Crippen LogP contribution in [0.3, 0.4) is 0 Å². The minimum Gasteiger partial charge on any atom is -0.339 e. The third-order valence-electron chi connectivity index (χ3n) is 5.56.